The van der Waals surface area contributed by atoms with Crippen LogP contribution in [0.4, 0.5) is 0 Å². The highest BCUT2D eigenvalue weighted by atomic mass is 32.2. The van der Waals surface area contributed by atoms with Gasteiger partial charge in [-0.1, -0.05) is 13.8 Å². The second-order valence-electron chi connectivity index (χ2n) is 5.08. The number of nitrogens with one attached hydrogen (secondary N) is 1. The molecule has 0 radical (unpaired) electrons. The van der Waals surface area contributed by atoms with Crippen molar-refractivity contribution in [2.24, 2.45) is 10.9 Å². The van der Waals surface area contributed by atoms with Crippen molar-refractivity contribution in [3.63, 3.8) is 0 Å². The van der Waals surface area contributed by atoms with E-state index in [0.717, 1.165) is 24.8 Å². The third-order valence-electron chi connectivity index (χ3n) is 3.35. The van der Waals surface area contributed by atoms with Crippen molar-refractivity contribution in [1.29, 1.82) is 0 Å². The average Bonchev–Trinajstić information content (AvgIpc) is 2.93. The molecule has 0 saturated carbocycles. The van der Waals surface area contributed by atoms with E-state index in [0.29, 0.717) is 17.7 Å². The van der Waals surface area contributed by atoms with Crippen molar-refractivity contribution in [3.8, 4) is 0 Å². The van der Waals surface area contributed by atoms with Crippen LogP contribution in [0.2, 0.25) is 0 Å². The van der Waals surface area contributed by atoms with Gasteiger partial charge in [-0.2, -0.15) is 11.8 Å². The molecule has 19 heavy (non-hydrogen) atoms. The number of nitrogens with zero attached hydrogens (tertiary/aromatic N) is 2. The van der Waals surface area contributed by atoms with Crippen LogP contribution in [-0.2, 0) is 6.54 Å². The average molecular weight is 281 g/mol. The quantitative estimate of drug-likeness (QED) is 0.682. The number of hydrogen-bond acceptors (Lipinski definition) is 3. The summed E-state index contributed by atoms with van der Waals surface area (Å²) < 4.78 is 5.33. The molecule has 106 valence electrons. The Bertz CT molecular complexity index is 403. The molecule has 4 nitrogen and oxygen atoms in total. The van der Waals surface area contributed by atoms with Gasteiger partial charge in [0.05, 0.1) is 12.8 Å². The molecule has 1 aromatic rings. The van der Waals surface area contributed by atoms with E-state index in [1.165, 1.54) is 5.75 Å². The topological polar surface area (TPSA) is 40.8 Å². The number of rotatable bonds is 3. The number of guanidine groups is 1. The first-order valence-electron chi connectivity index (χ1n) is 6.80. The molecule has 1 unspecified atom stereocenters. The molecule has 1 N–H and O–H groups in total. The molecule has 2 rings (SSSR count). The van der Waals surface area contributed by atoms with Crippen LogP contribution in [0.15, 0.2) is 27.8 Å². The lowest BCUT2D eigenvalue weighted by Crippen LogP contribution is -2.48. The highest BCUT2D eigenvalue weighted by Gasteiger charge is 2.24. The van der Waals surface area contributed by atoms with E-state index in [-0.39, 0.29) is 0 Å². The highest BCUT2D eigenvalue weighted by Crippen LogP contribution is 2.24. The van der Waals surface area contributed by atoms with E-state index >= 15 is 0 Å². The standard InChI is InChI=1S/C14H23N3OS/c1-11(2)13-10-17(6-8-19-13)14(15-3)16-9-12-5-4-7-18-12/h4-5,7,11,13H,6,8-10H2,1-3H3,(H,15,16). The van der Waals surface area contributed by atoms with Gasteiger partial charge in [-0.25, -0.2) is 0 Å². The zero-order valence-electron chi connectivity index (χ0n) is 11.9. The molecule has 0 aromatic carbocycles. The van der Waals surface area contributed by atoms with Crippen molar-refractivity contribution in [3.05, 3.63) is 24.2 Å². The van der Waals surface area contributed by atoms with E-state index in [4.69, 9.17) is 4.42 Å². The molecule has 1 fully saturated rings. The summed E-state index contributed by atoms with van der Waals surface area (Å²) in [7, 11) is 1.84. The lowest BCUT2D eigenvalue weighted by molar-refractivity contribution is 0.378. The fourth-order valence-corrected chi connectivity index (χ4v) is 3.48. The first kappa shape index (κ1) is 14.3. The third-order valence-corrected chi connectivity index (χ3v) is 4.89. The molecule has 0 amide bonds. The van der Waals surface area contributed by atoms with E-state index in [1.807, 2.05) is 19.2 Å². The number of thioether (sulfide) groups is 1. The third kappa shape index (κ3) is 3.93. The van der Waals surface area contributed by atoms with Gasteiger partial charge in [0, 0.05) is 31.1 Å². The van der Waals surface area contributed by atoms with Gasteiger partial charge in [0.15, 0.2) is 5.96 Å². The Labute approximate surface area is 119 Å². The molecule has 1 atom stereocenters. The van der Waals surface area contributed by atoms with Gasteiger partial charge in [0.25, 0.3) is 0 Å². The van der Waals surface area contributed by atoms with Gasteiger partial charge < -0.3 is 14.6 Å². The Kier molecular flexibility index (Phi) is 5.19. The first-order chi connectivity index (χ1) is 9.20. The van der Waals surface area contributed by atoms with Crippen LogP contribution in [0.3, 0.4) is 0 Å². The highest BCUT2D eigenvalue weighted by molar-refractivity contribution is 8.00. The van der Waals surface area contributed by atoms with E-state index in [2.05, 4.69) is 40.8 Å². The maximum Gasteiger partial charge on any atom is 0.194 e. The Morgan fingerprint density at radius 3 is 3.11 bits per heavy atom. The van der Waals surface area contributed by atoms with Crippen LogP contribution in [0, 0.1) is 5.92 Å². The fourth-order valence-electron chi connectivity index (χ4n) is 2.18. The summed E-state index contributed by atoms with van der Waals surface area (Å²) in [6, 6.07) is 3.88. The Morgan fingerprint density at radius 1 is 1.63 bits per heavy atom. The van der Waals surface area contributed by atoms with E-state index in [9.17, 15) is 0 Å². The summed E-state index contributed by atoms with van der Waals surface area (Å²) in [6.45, 7) is 7.40. The van der Waals surface area contributed by atoms with Crippen LogP contribution in [0.5, 0.6) is 0 Å². The number of aliphatic imine (C=N–C) groups is 1. The van der Waals surface area contributed by atoms with Gasteiger partial charge >= 0.3 is 0 Å². The largest absolute Gasteiger partial charge is 0.467 e. The Balaban J connectivity index is 1.90. The zero-order chi connectivity index (χ0) is 13.7. The summed E-state index contributed by atoms with van der Waals surface area (Å²) in [5, 5.41) is 4.06. The second-order valence-corrected chi connectivity index (χ2v) is 6.43. The van der Waals surface area contributed by atoms with Gasteiger partial charge in [-0.05, 0) is 18.1 Å². The van der Waals surface area contributed by atoms with Crippen molar-refractivity contribution < 1.29 is 4.42 Å². The molecular formula is C14H23N3OS. The van der Waals surface area contributed by atoms with Crippen molar-refractivity contribution >= 4 is 17.7 Å². The molecule has 1 aromatic heterocycles. The molecular weight excluding hydrogens is 258 g/mol. The second kappa shape index (κ2) is 6.89. The minimum absolute atomic E-state index is 0.690. The van der Waals surface area contributed by atoms with Crippen LogP contribution in [0.1, 0.15) is 19.6 Å². The maximum atomic E-state index is 5.33. The molecule has 1 saturated heterocycles. The normalized spacial score (nSPS) is 20.9. The molecule has 2 heterocycles. The van der Waals surface area contributed by atoms with Crippen molar-refractivity contribution in [2.75, 3.05) is 25.9 Å². The van der Waals surface area contributed by atoms with Gasteiger partial charge in [0.2, 0.25) is 0 Å². The smallest absolute Gasteiger partial charge is 0.194 e. The molecule has 1 aliphatic rings. The van der Waals surface area contributed by atoms with Crippen molar-refractivity contribution in [1.82, 2.24) is 10.2 Å². The fraction of sp³-hybridized carbons (Fsp3) is 0.643. The summed E-state index contributed by atoms with van der Waals surface area (Å²) in [6.07, 6.45) is 1.70. The zero-order valence-corrected chi connectivity index (χ0v) is 12.7. The summed E-state index contributed by atoms with van der Waals surface area (Å²) >= 11 is 2.08. The van der Waals surface area contributed by atoms with Crippen LogP contribution >= 0.6 is 11.8 Å². The van der Waals surface area contributed by atoms with Gasteiger partial charge in [-0.15, -0.1) is 0 Å². The predicted molar refractivity (Wildman–Crippen MR) is 81.6 cm³/mol. The lowest BCUT2D eigenvalue weighted by Gasteiger charge is -2.36. The summed E-state index contributed by atoms with van der Waals surface area (Å²) in [5.74, 6) is 3.79. The number of furan rings is 1. The monoisotopic (exact) mass is 281 g/mol. The van der Waals surface area contributed by atoms with Gasteiger partial charge in [-0.3, -0.25) is 4.99 Å². The van der Waals surface area contributed by atoms with Gasteiger partial charge in [0.1, 0.15) is 5.76 Å². The van der Waals surface area contributed by atoms with E-state index in [1.54, 1.807) is 6.26 Å². The lowest BCUT2D eigenvalue weighted by atomic mass is 10.1. The molecule has 1 aliphatic heterocycles. The predicted octanol–water partition coefficient (Wildman–Crippen LogP) is 2.43. The molecule has 0 spiro atoms. The minimum atomic E-state index is 0.690. The Hall–Kier alpha value is -1.10. The minimum Gasteiger partial charge on any atom is -0.467 e. The molecule has 5 heteroatoms. The number of hydrogen-bond donors (Lipinski definition) is 1. The van der Waals surface area contributed by atoms with Crippen LogP contribution in [-0.4, -0.2) is 42.0 Å². The molecule has 0 bridgehead atoms. The van der Waals surface area contributed by atoms with Crippen molar-refractivity contribution in [2.45, 2.75) is 25.6 Å². The summed E-state index contributed by atoms with van der Waals surface area (Å²) in [5.41, 5.74) is 0. The first-order valence-corrected chi connectivity index (χ1v) is 7.85. The van der Waals surface area contributed by atoms with Crippen LogP contribution < -0.4 is 5.32 Å². The van der Waals surface area contributed by atoms with E-state index < -0.39 is 0 Å². The summed E-state index contributed by atoms with van der Waals surface area (Å²) in [4.78, 5) is 6.74. The van der Waals surface area contributed by atoms with Crippen LogP contribution in [0.25, 0.3) is 0 Å². The Morgan fingerprint density at radius 2 is 2.47 bits per heavy atom. The maximum absolute atomic E-state index is 5.33. The SMILES string of the molecule is CN=C(NCc1ccco1)N1CCSC(C(C)C)C1. The molecule has 0 aliphatic carbocycles.